The molecule has 1 unspecified atom stereocenters. The molecule has 6 rings (SSSR count). The van der Waals surface area contributed by atoms with Crippen LogP contribution in [-0.2, 0) is 19.4 Å². The fraction of sp³-hybridized carbons (Fsp3) is 0.212. The predicted molar refractivity (Wildman–Crippen MR) is 149 cm³/mol. The zero-order valence-electron chi connectivity index (χ0n) is 22.4. The highest BCUT2D eigenvalue weighted by Gasteiger charge is 2.35. The molecule has 2 aliphatic rings. The van der Waals surface area contributed by atoms with E-state index in [1.807, 2.05) is 30.3 Å². The minimum Gasteiger partial charge on any atom is -0.493 e. The highest BCUT2D eigenvalue weighted by Crippen LogP contribution is 2.46. The van der Waals surface area contributed by atoms with Gasteiger partial charge in [-0.2, -0.15) is 0 Å². The van der Waals surface area contributed by atoms with Crippen molar-refractivity contribution in [3.8, 4) is 23.0 Å². The van der Waals surface area contributed by atoms with Crippen molar-refractivity contribution < 1.29 is 28.5 Å². The molecule has 40 heavy (non-hydrogen) atoms. The number of rotatable bonds is 6. The maximum Gasteiger partial charge on any atom is 0.343 e. The molecule has 0 saturated carbocycles. The summed E-state index contributed by atoms with van der Waals surface area (Å²) in [5.41, 5.74) is 5.28. The van der Waals surface area contributed by atoms with Crippen LogP contribution in [0.25, 0.3) is 0 Å². The first-order chi connectivity index (χ1) is 19.6. The first-order valence-electron chi connectivity index (χ1n) is 13.2. The number of hydrogen-bond donors (Lipinski definition) is 0. The number of fused-ring (bicyclic) bond motifs is 4. The molecule has 2 heterocycles. The first kappa shape index (κ1) is 25.6. The lowest BCUT2D eigenvalue weighted by Gasteiger charge is -2.42. The van der Waals surface area contributed by atoms with Crippen LogP contribution < -0.4 is 18.9 Å². The molecule has 1 atom stereocenters. The monoisotopic (exact) mass is 535 g/mol. The molecule has 0 spiro atoms. The SMILES string of the molecule is COc1ccc2c(c1OC)CN1CCc3cc(OC(=O)c4ccccc4)c(OC(=O)c4ccccc4)cc3C1C2. The maximum atomic E-state index is 13.1. The van der Waals surface area contributed by atoms with E-state index in [0.29, 0.717) is 17.7 Å². The van der Waals surface area contributed by atoms with Crippen LogP contribution in [0.1, 0.15) is 49.0 Å². The molecule has 0 saturated heterocycles. The van der Waals surface area contributed by atoms with E-state index in [4.69, 9.17) is 18.9 Å². The lowest BCUT2D eigenvalue weighted by Crippen LogP contribution is -2.39. The van der Waals surface area contributed by atoms with Gasteiger partial charge < -0.3 is 18.9 Å². The molecular formula is C33H29NO6. The third-order valence-corrected chi connectivity index (χ3v) is 7.62. The molecule has 0 fully saturated rings. The second kappa shape index (κ2) is 10.9. The summed E-state index contributed by atoms with van der Waals surface area (Å²) in [6.07, 6.45) is 1.52. The molecule has 0 bridgehead atoms. The summed E-state index contributed by atoms with van der Waals surface area (Å²) in [5.74, 6) is 0.908. The Labute approximate surface area is 232 Å². The van der Waals surface area contributed by atoms with Crippen LogP contribution in [0.15, 0.2) is 84.9 Å². The van der Waals surface area contributed by atoms with Crippen LogP contribution in [0.2, 0.25) is 0 Å². The summed E-state index contributed by atoms with van der Waals surface area (Å²) >= 11 is 0. The number of nitrogens with zero attached hydrogens (tertiary/aromatic N) is 1. The van der Waals surface area contributed by atoms with Gasteiger partial charge >= 0.3 is 11.9 Å². The molecule has 0 amide bonds. The van der Waals surface area contributed by atoms with Gasteiger partial charge in [0.2, 0.25) is 0 Å². The van der Waals surface area contributed by atoms with Crippen LogP contribution in [-0.4, -0.2) is 37.6 Å². The molecule has 4 aromatic carbocycles. The minimum atomic E-state index is -0.518. The Balaban J connectivity index is 1.38. The summed E-state index contributed by atoms with van der Waals surface area (Å²) in [6, 6.07) is 25.4. The smallest absolute Gasteiger partial charge is 0.343 e. The summed E-state index contributed by atoms with van der Waals surface area (Å²) in [6.45, 7) is 1.54. The fourth-order valence-corrected chi connectivity index (χ4v) is 5.62. The molecule has 7 heteroatoms. The third kappa shape index (κ3) is 4.80. The summed E-state index contributed by atoms with van der Waals surface area (Å²) in [7, 11) is 3.31. The molecular weight excluding hydrogens is 506 g/mol. The second-order valence-corrected chi connectivity index (χ2v) is 9.89. The second-order valence-electron chi connectivity index (χ2n) is 9.89. The highest BCUT2D eigenvalue weighted by molar-refractivity contribution is 5.93. The summed E-state index contributed by atoms with van der Waals surface area (Å²) in [4.78, 5) is 28.5. The predicted octanol–water partition coefficient (Wildman–Crippen LogP) is 5.80. The quantitative estimate of drug-likeness (QED) is 0.228. The van der Waals surface area contributed by atoms with E-state index in [1.165, 1.54) is 5.56 Å². The standard InChI is InChI=1S/C33H29NO6/c1-37-28-14-13-23-17-27-25-19-30(40-33(36)22-11-7-4-8-12-22)29(39-32(35)21-9-5-3-6-10-21)18-24(25)15-16-34(27)20-26(23)31(28)38-2/h3-14,18-19,27H,15-17,20H2,1-2H3. The Hall–Kier alpha value is -4.62. The lowest BCUT2D eigenvalue weighted by atomic mass is 9.83. The van der Waals surface area contributed by atoms with Gasteiger partial charge in [0.15, 0.2) is 23.0 Å². The van der Waals surface area contributed by atoms with Crippen LogP contribution in [0, 0.1) is 0 Å². The maximum absolute atomic E-state index is 13.1. The van der Waals surface area contributed by atoms with Crippen molar-refractivity contribution in [3.63, 3.8) is 0 Å². The van der Waals surface area contributed by atoms with Gasteiger partial charge in [0.05, 0.1) is 25.3 Å². The van der Waals surface area contributed by atoms with Crippen molar-refractivity contribution >= 4 is 11.9 Å². The molecule has 0 aliphatic carbocycles. The van der Waals surface area contributed by atoms with Gasteiger partial charge in [-0.3, -0.25) is 4.90 Å². The largest absolute Gasteiger partial charge is 0.493 e. The number of carbonyl (C=O) groups excluding carboxylic acids is 2. The van der Waals surface area contributed by atoms with Crippen molar-refractivity contribution in [3.05, 3.63) is 118 Å². The number of methoxy groups -OCH3 is 2. The van der Waals surface area contributed by atoms with Crippen molar-refractivity contribution in [2.75, 3.05) is 20.8 Å². The van der Waals surface area contributed by atoms with Gasteiger partial charge in [0.1, 0.15) is 0 Å². The van der Waals surface area contributed by atoms with E-state index >= 15 is 0 Å². The summed E-state index contributed by atoms with van der Waals surface area (Å²) < 4.78 is 22.9. The van der Waals surface area contributed by atoms with Crippen molar-refractivity contribution in [2.45, 2.75) is 25.4 Å². The summed E-state index contributed by atoms with van der Waals surface area (Å²) in [5, 5.41) is 0. The van der Waals surface area contributed by atoms with Gasteiger partial charge in [0, 0.05) is 24.7 Å². The van der Waals surface area contributed by atoms with Gasteiger partial charge in [-0.1, -0.05) is 42.5 Å². The van der Waals surface area contributed by atoms with E-state index in [0.717, 1.165) is 47.6 Å². The Kier molecular flexibility index (Phi) is 6.97. The minimum absolute atomic E-state index is 0.0717. The topological polar surface area (TPSA) is 74.3 Å². The zero-order chi connectivity index (χ0) is 27.6. The van der Waals surface area contributed by atoms with Gasteiger partial charge in [-0.05, 0) is 72.0 Å². The van der Waals surface area contributed by atoms with Crippen molar-refractivity contribution in [2.24, 2.45) is 0 Å². The van der Waals surface area contributed by atoms with Crippen LogP contribution >= 0.6 is 0 Å². The third-order valence-electron chi connectivity index (χ3n) is 7.62. The Morgan fingerprint density at radius 1 is 0.725 bits per heavy atom. The first-order valence-corrected chi connectivity index (χ1v) is 13.2. The number of hydrogen-bond acceptors (Lipinski definition) is 7. The number of esters is 2. The Morgan fingerprint density at radius 2 is 1.35 bits per heavy atom. The van der Waals surface area contributed by atoms with E-state index in [2.05, 4.69) is 11.0 Å². The average molecular weight is 536 g/mol. The van der Waals surface area contributed by atoms with E-state index in [1.54, 1.807) is 62.8 Å². The van der Waals surface area contributed by atoms with E-state index < -0.39 is 11.9 Å². The zero-order valence-corrected chi connectivity index (χ0v) is 22.4. The van der Waals surface area contributed by atoms with Gasteiger partial charge in [0.25, 0.3) is 0 Å². The highest BCUT2D eigenvalue weighted by atomic mass is 16.6. The van der Waals surface area contributed by atoms with Gasteiger partial charge in [-0.25, -0.2) is 9.59 Å². The Morgan fingerprint density at radius 3 is 1.95 bits per heavy atom. The van der Waals surface area contributed by atoms with Crippen molar-refractivity contribution in [1.82, 2.24) is 4.90 Å². The van der Waals surface area contributed by atoms with Gasteiger partial charge in [-0.15, -0.1) is 0 Å². The Bertz CT molecular complexity index is 1570. The molecule has 2 aliphatic heterocycles. The average Bonchev–Trinajstić information content (AvgIpc) is 3.00. The van der Waals surface area contributed by atoms with E-state index in [9.17, 15) is 9.59 Å². The number of carbonyl (C=O) groups is 2. The van der Waals surface area contributed by atoms with E-state index in [-0.39, 0.29) is 17.5 Å². The normalized spacial score (nSPS) is 15.7. The van der Waals surface area contributed by atoms with Crippen molar-refractivity contribution in [1.29, 1.82) is 0 Å². The lowest BCUT2D eigenvalue weighted by molar-refractivity contribution is 0.0681. The van der Waals surface area contributed by atoms with Crippen LogP contribution in [0.5, 0.6) is 23.0 Å². The molecule has 4 aromatic rings. The van der Waals surface area contributed by atoms with Crippen LogP contribution in [0.4, 0.5) is 0 Å². The molecule has 0 aromatic heterocycles. The molecule has 0 N–H and O–H groups in total. The van der Waals surface area contributed by atoms with Crippen LogP contribution in [0.3, 0.4) is 0 Å². The number of benzene rings is 4. The fourth-order valence-electron chi connectivity index (χ4n) is 5.62. The number of ether oxygens (including phenoxy) is 4. The molecule has 202 valence electrons. The molecule has 7 nitrogen and oxygen atoms in total. The molecule has 0 radical (unpaired) electrons.